The zero-order valence-corrected chi connectivity index (χ0v) is 22.1. The molecule has 3 fully saturated rings. The van der Waals surface area contributed by atoms with E-state index in [2.05, 4.69) is 0 Å². The number of imide groups is 2. The summed E-state index contributed by atoms with van der Waals surface area (Å²) < 4.78 is -0.345. The van der Waals surface area contributed by atoms with E-state index in [1.54, 1.807) is 6.92 Å². The smallest absolute Gasteiger partial charge is 0.330 e. The van der Waals surface area contributed by atoms with Crippen LogP contribution in [0.5, 0.6) is 0 Å². The molecule has 1 saturated carbocycles. The van der Waals surface area contributed by atoms with E-state index < -0.39 is 34.4 Å². The van der Waals surface area contributed by atoms with Crippen LogP contribution in [-0.4, -0.2) is 61.9 Å². The molecular formula is C25H36N2O7S. The number of nitrogens with zero attached hydrogens (tertiary/aromatic N) is 2. The van der Waals surface area contributed by atoms with E-state index >= 15 is 0 Å². The fraction of sp³-hybridized carbons (Fsp3) is 0.760. The number of hydroxylamine groups is 2. The third kappa shape index (κ3) is 6.51. The third-order valence-electron chi connectivity index (χ3n) is 7.29. The average molecular weight is 509 g/mol. The summed E-state index contributed by atoms with van der Waals surface area (Å²) in [5.41, 5.74) is -0.503. The number of ketones is 1. The van der Waals surface area contributed by atoms with Crippen molar-refractivity contribution in [3.8, 4) is 0 Å². The monoisotopic (exact) mass is 508 g/mol. The summed E-state index contributed by atoms with van der Waals surface area (Å²) in [6, 6.07) is 0. The van der Waals surface area contributed by atoms with E-state index in [4.69, 9.17) is 4.84 Å². The van der Waals surface area contributed by atoms with Crippen molar-refractivity contribution < 1.29 is 33.6 Å². The van der Waals surface area contributed by atoms with Gasteiger partial charge in [-0.15, -0.1) is 16.8 Å². The van der Waals surface area contributed by atoms with Crippen LogP contribution in [0.4, 0.5) is 0 Å². The first-order valence-corrected chi connectivity index (χ1v) is 13.2. The van der Waals surface area contributed by atoms with Crippen molar-refractivity contribution in [3.63, 3.8) is 0 Å². The van der Waals surface area contributed by atoms with Crippen molar-refractivity contribution in [3.05, 3.63) is 0 Å². The fourth-order valence-electron chi connectivity index (χ4n) is 5.21. The van der Waals surface area contributed by atoms with Crippen molar-refractivity contribution in [2.24, 2.45) is 17.3 Å². The number of hydrogen-bond acceptors (Lipinski definition) is 8. The lowest BCUT2D eigenvalue weighted by molar-refractivity contribution is -0.201. The zero-order chi connectivity index (χ0) is 26.1. The van der Waals surface area contributed by atoms with E-state index in [0.717, 1.165) is 0 Å². The quantitative estimate of drug-likeness (QED) is 0.436. The van der Waals surface area contributed by atoms with Crippen LogP contribution in [0, 0.1) is 17.3 Å². The van der Waals surface area contributed by atoms with Gasteiger partial charge in [0.1, 0.15) is 5.78 Å². The minimum atomic E-state index is -0.576. The molecule has 0 N–H and O–H groups in total. The van der Waals surface area contributed by atoms with Crippen molar-refractivity contribution >= 4 is 47.1 Å². The Kier molecular flexibility index (Phi) is 8.13. The van der Waals surface area contributed by atoms with Crippen molar-refractivity contribution in [1.29, 1.82) is 0 Å². The van der Waals surface area contributed by atoms with E-state index in [9.17, 15) is 28.8 Å². The number of hydrogen-bond donors (Lipinski definition) is 0. The van der Waals surface area contributed by atoms with Crippen LogP contribution in [0.15, 0.2) is 0 Å². The largest absolute Gasteiger partial charge is 0.336 e. The Morgan fingerprint density at radius 3 is 2.06 bits per heavy atom. The molecule has 1 unspecified atom stereocenters. The highest BCUT2D eigenvalue weighted by molar-refractivity contribution is 8.02. The lowest BCUT2D eigenvalue weighted by Crippen LogP contribution is -2.39. The fourth-order valence-corrected chi connectivity index (χ4v) is 6.88. The topological polar surface area (TPSA) is 118 Å². The number of thioether (sulfide) groups is 1. The summed E-state index contributed by atoms with van der Waals surface area (Å²) in [6.07, 6.45) is 3.20. The van der Waals surface area contributed by atoms with Gasteiger partial charge < -0.3 is 4.84 Å². The molecule has 0 radical (unpaired) electrons. The summed E-state index contributed by atoms with van der Waals surface area (Å²) in [4.78, 5) is 79.8. The average Bonchev–Trinajstić information content (AvgIpc) is 3.20. The van der Waals surface area contributed by atoms with Gasteiger partial charge in [0.2, 0.25) is 11.8 Å². The van der Waals surface area contributed by atoms with Gasteiger partial charge >= 0.3 is 5.97 Å². The van der Waals surface area contributed by atoms with E-state index in [-0.39, 0.29) is 47.5 Å². The van der Waals surface area contributed by atoms with Gasteiger partial charge in [-0.2, -0.15) is 0 Å². The third-order valence-corrected chi connectivity index (χ3v) is 8.73. The number of amides is 4. The van der Waals surface area contributed by atoms with Gasteiger partial charge in [0.15, 0.2) is 0 Å². The van der Waals surface area contributed by atoms with Crippen LogP contribution >= 0.6 is 11.8 Å². The molecule has 1 aliphatic carbocycles. The molecular weight excluding hydrogens is 472 g/mol. The Hall–Kier alpha value is -2.23. The highest BCUT2D eigenvalue weighted by atomic mass is 32.2. The first kappa shape index (κ1) is 27.4. The summed E-state index contributed by atoms with van der Waals surface area (Å²) in [5.74, 6) is -2.15. The molecule has 3 aliphatic rings. The maximum atomic E-state index is 13.1. The van der Waals surface area contributed by atoms with Crippen molar-refractivity contribution in [2.75, 3.05) is 6.54 Å². The molecule has 0 aromatic rings. The SMILES string of the molecule is CC(=O)C(C)(C)CC(C)(C)SC1CC(=O)N(CC2CCC(C(=O)ON3C(=O)CCC3=O)CC2)C1=O. The Labute approximate surface area is 210 Å². The van der Waals surface area contributed by atoms with Gasteiger partial charge in [0.25, 0.3) is 11.8 Å². The van der Waals surface area contributed by atoms with Crippen LogP contribution < -0.4 is 0 Å². The molecule has 10 heteroatoms. The molecule has 35 heavy (non-hydrogen) atoms. The normalized spacial score (nSPS) is 26.0. The molecule has 0 spiro atoms. The number of likely N-dealkylation sites (tertiary alicyclic amines) is 1. The molecule has 0 aromatic carbocycles. The van der Waals surface area contributed by atoms with E-state index in [1.165, 1.54) is 16.7 Å². The maximum absolute atomic E-state index is 13.1. The maximum Gasteiger partial charge on any atom is 0.336 e. The molecule has 2 aliphatic heterocycles. The molecule has 2 saturated heterocycles. The number of carbonyl (C=O) groups is 6. The molecule has 2 heterocycles. The molecule has 0 aromatic heterocycles. The van der Waals surface area contributed by atoms with Crippen LogP contribution in [0.3, 0.4) is 0 Å². The number of Topliss-reactive ketones (excluding diaryl/α,β-unsaturated/α-hetero) is 1. The van der Waals surface area contributed by atoms with Gasteiger partial charge in [-0.1, -0.05) is 27.7 Å². The number of carbonyl (C=O) groups excluding carboxylic acids is 6. The molecule has 194 valence electrons. The van der Waals surface area contributed by atoms with Crippen LogP contribution in [0.1, 0.15) is 86.0 Å². The van der Waals surface area contributed by atoms with Crippen LogP contribution in [0.2, 0.25) is 0 Å². The molecule has 3 rings (SSSR count). The predicted octanol–water partition coefficient (Wildman–Crippen LogP) is 3.04. The summed E-state index contributed by atoms with van der Waals surface area (Å²) in [7, 11) is 0. The minimum absolute atomic E-state index is 0.0572. The van der Waals surface area contributed by atoms with Crippen molar-refractivity contribution in [2.45, 2.75) is 96.0 Å². The van der Waals surface area contributed by atoms with Gasteiger partial charge in [-0.25, -0.2) is 4.79 Å². The second-order valence-corrected chi connectivity index (χ2v) is 13.1. The number of rotatable bonds is 9. The molecule has 4 amide bonds. The Bertz CT molecular complexity index is 905. The van der Waals surface area contributed by atoms with Gasteiger partial charge in [-0.05, 0) is 44.9 Å². The lowest BCUT2D eigenvalue weighted by Gasteiger charge is -2.34. The second-order valence-electron chi connectivity index (χ2n) is 11.2. The second kappa shape index (κ2) is 10.4. The van der Waals surface area contributed by atoms with Gasteiger partial charge in [0, 0.05) is 36.0 Å². The molecule has 0 bridgehead atoms. The minimum Gasteiger partial charge on any atom is -0.330 e. The summed E-state index contributed by atoms with van der Waals surface area (Å²) in [6.45, 7) is 9.72. The van der Waals surface area contributed by atoms with Crippen LogP contribution in [-0.2, 0) is 33.6 Å². The van der Waals surface area contributed by atoms with Crippen molar-refractivity contribution in [1.82, 2.24) is 9.96 Å². The van der Waals surface area contributed by atoms with Gasteiger partial charge in [-0.3, -0.25) is 28.9 Å². The van der Waals surface area contributed by atoms with Gasteiger partial charge in [0.05, 0.1) is 11.2 Å². The Morgan fingerprint density at radius 1 is 0.943 bits per heavy atom. The van der Waals surface area contributed by atoms with E-state index in [0.29, 0.717) is 43.7 Å². The Balaban J connectivity index is 1.49. The van der Waals surface area contributed by atoms with Crippen LogP contribution in [0.25, 0.3) is 0 Å². The summed E-state index contributed by atoms with van der Waals surface area (Å²) in [5, 5.41) is 0.120. The first-order valence-electron chi connectivity index (χ1n) is 12.3. The highest BCUT2D eigenvalue weighted by Crippen LogP contribution is 2.43. The molecule has 1 atom stereocenters. The Morgan fingerprint density at radius 2 is 1.51 bits per heavy atom. The predicted molar refractivity (Wildman–Crippen MR) is 129 cm³/mol. The summed E-state index contributed by atoms with van der Waals surface area (Å²) >= 11 is 1.47. The first-order chi connectivity index (χ1) is 16.2. The lowest BCUT2D eigenvalue weighted by atomic mass is 9.80. The standard InChI is InChI=1S/C25H36N2O7S/c1-15(28)24(2,3)14-25(4,5)35-18-12-21(31)26(22(18)32)13-16-6-8-17(9-7-16)23(33)34-27-19(29)10-11-20(27)30/h16-18H,6-14H2,1-5H3. The van der Waals surface area contributed by atoms with E-state index in [1.807, 2.05) is 27.7 Å². The molecule has 9 nitrogen and oxygen atoms in total. The zero-order valence-electron chi connectivity index (χ0n) is 21.3. The highest BCUT2D eigenvalue weighted by Gasteiger charge is 2.44.